The molecule has 0 unspecified atom stereocenters. The molecule has 5 heteroatoms. The Morgan fingerprint density at radius 1 is 1.12 bits per heavy atom. The van der Waals surface area contributed by atoms with Crippen LogP contribution in [0.4, 0.5) is 5.69 Å². The van der Waals surface area contributed by atoms with Crippen molar-refractivity contribution in [2.24, 2.45) is 0 Å². The van der Waals surface area contributed by atoms with E-state index in [9.17, 15) is 9.59 Å². The zero-order chi connectivity index (χ0) is 18.5. The van der Waals surface area contributed by atoms with E-state index in [0.717, 1.165) is 35.5 Å². The molecule has 0 atom stereocenters. The monoisotopic (exact) mass is 352 g/mol. The molecule has 0 bridgehead atoms. The number of nitrogens with zero attached hydrogens (tertiary/aromatic N) is 1. The maximum absolute atomic E-state index is 12.1. The van der Waals surface area contributed by atoms with Crippen LogP contribution in [0.15, 0.2) is 42.5 Å². The molecule has 26 heavy (non-hydrogen) atoms. The van der Waals surface area contributed by atoms with Crippen LogP contribution in [-0.2, 0) is 29.0 Å². The minimum atomic E-state index is 0.0340. The molecule has 0 saturated heterocycles. The van der Waals surface area contributed by atoms with Crippen LogP contribution < -0.4 is 15.0 Å². The molecular formula is C21H24N2O3. The van der Waals surface area contributed by atoms with Crippen LogP contribution in [0.25, 0.3) is 0 Å². The Labute approximate surface area is 154 Å². The highest BCUT2D eigenvalue weighted by Crippen LogP contribution is 2.28. The highest BCUT2D eigenvalue weighted by atomic mass is 16.5. The second kappa shape index (κ2) is 8.04. The van der Waals surface area contributed by atoms with Gasteiger partial charge in [0.25, 0.3) is 0 Å². The predicted octanol–water partition coefficient (Wildman–Crippen LogP) is 2.85. The number of ether oxygens (including phenoxy) is 1. The first-order valence-corrected chi connectivity index (χ1v) is 8.86. The number of aryl methyl sites for hydroxylation is 1. The molecule has 0 spiro atoms. The summed E-state index contributed by atoms with van der Waals surface area (Å²) < 4.78 is 5.13. The summed E-state index contributed by atoms with van der Waals surface area (Å²) in [5.74, 6) is 0.924. The van der Waals surface area contributed by atoms with Crippen molar-refractivity contribution in [3.8, 4) is 5.75 Å². The zero-order valence-electron chi connectivity index (χ0n) is 15.2. The molecule has 0 fully saturated rings. The number of fused-ring (bicyclic) bond motifs is 1. The summed E-state index contributed by atoms with van der Waals surface area (Å²) in [5, 5.41) is 2.97. The largest absolute Gasteiger partial charge is 0.497 e. The molecule has 1 N–H and O–H groups in total. The van der Waals surface area contributed by atoms with Crippen LogP contribution in [0, 0.1) is 0 Å². The Kier molecular flexibility index (Phi) is 5.56. The Bertz CT molecular complexity index is 799. The van der Waals surface area contributed by atoms with Gasteiger partial charge in [-0.05, 0) is 47.7 Å². The molecule has 2 amide bonds. The summed E-state index contributed by atoms with van der Waals surface area (Å²) in [6.45, 7) is 2.84. The normalized spacial score (nSPS) is 12.6. The number of anilines is 1. The molecule has 1 aliphatic heterocycles. The Balaban J connectivity index is 1.49. The Hall–Kier alpha value is -2.82. The van der Waals surface area contributed by atoms with Crippen LogP contribution in [0.5, 0.6) is 5.75 Å². The number of carbonyl (C=O) groups is 2. The number of carbonyl (C=O) groups excluding carboxylic acids is 2. The average molecular weight is 352 g/mol. The van der Waals surface area contributed by atoms with Gasteiger partial charge in [0.15, 0.2) is 0 Å². The standard InChI is InChI=1S/C21H24N2O3/c1-15(24)23-12-11-18-13-17(5-9-20(18)23)14-22-21(25)10-6-16-3-7-19(26-2)8-4-16/h3-5,7-9,13H,6,10-12,14H2,1-2H3,(H,22,25). The topological polar surface area (TPSA) is 58.6 Å². The molecule has 0 radical (unpaired) electrons. The molecule has 0 aromatic heterocycles. The van der Waals surface area contributed by atoms with E-state index in [4.69, 9.17) is 4.74 Å². The molecule has 5 nitrogen and oxygen atoms in total. The van der Waals surface area contributed by atoms with Crippen LogP contribution in [0.2, 0.25) is 0 Å². The fourth-order valence-electron chi connectivity index (χ4n) is 3.23. The predicted molar refractivity (Wildman–Crippen MR) is 101 cm³/mol. The lowest BCUT2D eigenvalue weighted by Crippen LogP contribution is -2.25. The molecule has 1 aliphatic rings. The number of amides is 2. The summed E-state index contributed by atoms with van der Waals surface area (Å²) in [6, 6.07) is 13.8. The van der Waals surface area contributed by atoms with Crippen LogP contribution in [-0.4, -0.2) is 25.5 Å². The number of hydrogen-bond acceptors (Lipinski definition) is 3. The van der Waals surface area contributed by atoms with Crippen molar-refractivity contribution in [3.63, 3.8) is 0 Å². The second-order valence-electron chi connectivity index (χ2n) is 6.51. The summed E-state index contributed by atoms with van der Waals surface area (Å²) in [7, 11) is 1.64. The van der Waals surface area contributed by atoms with Gasteiger partial charge in [-0.15, -0.1) is 0 Å². The number of hydrogen-bond donors (Lipinski definition) is 1. The van der Waals surface area contributed by atoms with Crippen LogP contribution in [0.3, 0.4) is 0 Å². The molecule has 2 aromatic carbocycles. The molecule has 0 saturated carbocycles. The molecule has 2 aromatic rings. The first-order chi connectivity index (χ1) is 12.6. The van der Waals surface area contributed by atoms with Gasteiger partial charge in [-0.3, -0.25) is 9.59 Å². The maximum atomic E-state index is 12.1. The van der Waals surface area contributed by atoms with Crippen molar-refractivity contribution in [3.05, 3.63) is 59.2 Å². The fourth-order valence-corrected chi connectivity index (χ4v) is 3.23. The van der Waals surface area contributed by atoms with E-state index in [-0.39, 0.29) is 11.8 Å². The summed E-state index contributed by atoms with van der Waals surface area (Å²) in [4.78, 5) is 25.5. The number of methoxy groups -OCH3 is 1. The van der Waals surface area contributed by atoms with Crippen molar-refractivity contribution >= 4 is 17.5 Å². The molecule has 1 heterocycles. The van der Waals surface area contributed by atoms with Gasteiger partial charge in [0, 0.05) is 32.1 Å². The average Bonchev–Trinajstić information content (AvgIpc) is 3.08. The lowest BCUT2D eigenvalue weighted by molar-refractivity contribution is -0.121. The van der Waals surface area contributed by atoms with E-state index in [2.05, 4.69) is 11.4 Å². The van der Waals surface area contributed by atoms with Gasteiger partial charge in [-0.25, -0.2) is 0 Å². The highest BCUT2D eigenvalue weighted by molar-refractivity contribution is 5.93. The quantitative estimate of drug-likeness (QED) is 0.870. The van der Waals surface area contributed by atoms with Gasteiger partial charge in [-0.2, -0.15) is 0 Å². The minimum Gasteiger partial charge on any atom is -0.497 e. The van der Waals surface area contributed by atoms with Gasteiger partial charge in [0.1, 0.15) is 5.75 Å². The summed E-state index contributed by atoms with van der Waals surface area (Å²) in [5.41, 5.74) is 4.34. The Morgan fingerprint density at radius 3 is 2.54 bits per heavy atom. The van der Waals surface area contributed by atoms with Crippen molar-refractivity contribution in [1.82, 2.24) is 5.32 Å². The third-order valence-corrected chi connectivity index (χ3v) is 4.71. The van der Waals surface area contributed by atoms with Crippen molar-refractivity contribution in [2.75, 3.05) is 18.6 Å². The van der Waals surface area contributed by atoms with E-state index in [1.807, 2.05) is 36.4 Å². The third kappa shape index (κ3) is 4.23. The van der Waals surface area contributed by atoms with Crippen LogP contribution >= 0.6 is 0 Å². The van der Waals surface area contributed by atoms with Crippen LogP contribution in [0.1, 0.15) is 30.0 Å². The highest BCUT2D eigenvalue weighted by Gasteiger charge is 2.21. The number of rotatable bonds is 6. The van der Waals surface area contributed by atoms with Crippen molar-refractivity contribution in [1.29, 1.82) is 0 Å². The van der Waals surface area contributed by atoms with Gasteiger partial charge >= 0.3 is 0 Å². The first kappa shape index (κ1) is 18.0. The number of benzene rings is 2. The lowest BCUT2D eigenvalue weighted by Gasteiger charge is -2.15. The van der Waals surface area contributed by atoms with Crippen molar-refractivity contribution < 1.29 is 14.3 Å². The van der Waals surface area contributed by atoms with Gasteiger partial charge in [-0.1, -0.05) is 24.3 Å². The molecule has 136 valence electrons. The number of nitrogens with one attached hydrogen (secondary N) is 1. The third-order valence-electron chi connectivity index (χ3n) is 4.71. The van der Waals surface area contributed by atoms with Gasteiger partial charge in [0.05, 0.1) is 7.11 Å². The van der Waals surface area contributed by atoms with E-state index < -0.39 is 0 Å². The van der Waals surface area contributed by atoms with Gasteiger partial charge < -0.3 is 15.0 Å². The smallest absolute Gasteiger partial charge is 0.223 e. The summed E-state index contributed by atoms with van der Waals surface area (Å²) in [6.07, 6.45) is 2.02. The van der Waals surface area contributed by atoms with Gasteiger partial charge in [0.2, 0.25) is 11.8 Å². The van der Waals surface area contributed by atoms with Crippen molar-refractivity contribution in [2.45, 2.75) is 32.7 Å². The van der Waals surface area contributed by atoms with E-state index in [1.165, 1.54) is 5.56 Å². The van der Waals surface area contributed by atoms with E-state index in [0.29, 0.717) is 19.4 Å². The fraction of sp³-hybridized carbons (Fsp3) is 0.333. The lowest BCUT2D eigenvalue weighted by atomic mass is 10.1. The minimum absolute atomic E-state index is 0.0340. The Morgan fingerprint density at radius 2 is 1.85 bits per heavy atom. The SMILES string of the molecule is COc1ccc(CCC(=O)NCc2ccc3c(c2)CCN3C(C)=O)cc1. The summed E-state index contributed by atoms with van der Waals surface area (Å²) >= 11 is 0. The molecule has 3 rings (SSSR count). The molecule has 0 aliphatic carbocycles. The maximum Gasteiger partial charge on any atom is 0.223 e. The van der Waals surface area contributed by atoms with E-state index in [1.54, 1.807) is 18.9 Å². The zero-order valence-corrected chi connectivity index (χ0v) is 15.2. The molecular weight excluding hydrogens is 328 g/mol. The second-order valence-corrected chi connectivity index (χ2v) is 6.51. The van der Waals surface area contributed by atoms with E-state index >= 15 is 0 Å². The first-order valence-electron chi connectivity index (χ1n) is 8.86.